The van der Waals surface area contributed by atoms with Crippen LogP contribution in [0.3, 0.4) is 0 Å². The number of benzene rings is 2. The van der Waals surface area contributed by atoms with Gasteiger partial charge in [0.15, 0.2) is 18.1 Å². The highest BCUT2D eigenvalue weighted by atomic mass is 16.5. The summed E-state index contributed by atoms with van der Waals surface area (Å²) in [5, 5.41) is 7.92. The molecular formula is C22H22N2O6. The van der Waals surface area contributed by atoms with Crippen molar-refractivity contribution in [2.45, 2.75) is 13.5 Å². The molecule has 0 saturated carbocycles. The zero-order valence-corrected chi connectivity index (χ0v) is 17.2. The summed E-state index contributed by atoms with van der Waals surface area (Å²) in [6.45, 7) is 1.82. The number of aryl methyl sites for hydroxylation is 1. The molecule has 3 rings (SSSR count). The Morgan fingerprint density at radius 3 is 2.37 bits per heavy atom. The van der Waals surface area contributed by atoms with Crippen LogP contribution in [0.15, 0.2) is 46.9 Å². The monoisotopic (exact) mass is 410 g/mol. The maximum absolute atomic E-state index is 12.0. The standard InChI is InChI=1S/C22H22N2O6/c1-14-7-5-6-8-15(14)9-10-20(25)29-13-19-23-24-22(30-19)16-11-17(26-2)21(28-4)18(12-16)27-3/h5-12H,13H2,1-4H3/b10-9+. The van der Waals surface area contributed by atoms with Crippen LogP contribution < -0.4 is 14.2 Å². The molecule has 0 radical (unpaired) electrons. The van der Waals surface area contributed by atoms with Gasteiger partial charge in [0.2, 0.25) is 11.6 Å². The van der Waals surface area contributed by atoms with Crippen LogP contribution in [0.2, 0.25) is 0 Å². The van der Waals surface area contributed by atoms with Gasteiger partial charge in [-0.05, 0) is 36.3 Å². The Bertz CT molecular complexity index is 1030. The summed E-state index contributed by atoms with van der Waals surface area (Å²) in [6, 6.07) is 11.1. The van der Waals surface area contributed by atoms with E-state index >= 15 is 0 Å². The van der Waals surface area contributed by atoms with Crippen LogP contribution in [0.4, 0.5) is 0 Å². The number of hydrogen-bond acceptors (Lipinski definition) is 8. The summed E-state index contributed by atoms with van der Waals surface area (Å²) in [5.41, 5.74) is 2.58. The van der Waals surface area contributed by atoms with Crippen molar-refractivity contribution in [3.63, 3.8) is 0 Å². The molecule has 0 atom stereocenters. The number of carbonyl (C=O) groups is 1. The average molecular weight is 410 g/mol. The van der Waals surface area contributed by atoms with Gasteiger partial charge in [-0.3, -0.25) is 0 Å². The lowest BCUT2D eigenvalue weighted by Gasteiger charge is -2.12. The lowest BCUT2D eigenvalue weighted by Crippen LogP contribution is -2.01. The molecule has 0 amide bonds. The topological polar surface area (TPSA) is 92.9 Å². The molecule has 30 heavy (non-hydrogen) atoms. The SMILES string of the molecule is COc1cc(-c2nnc(COC(=O)/C=C/c3ccccc3C)o2)cc(OC)c1OC. The van der Waals surface area contributed by atoms with Crippen molar-refractivity contribution in [1.82, 2.24) is 10.2 Å². The highest BCUT2D eigenvalue weighted by Gasteiger charge is 2.17. The van der Waals surface area contributed by atoms with Crippen molar-refractivity contribution in [2.75, 3.05) is 21.3 Å². The number of ether oxygens (including phenoxy) is 4. The number of rotatable bonds is 8. The molecule has 0 aliphatic rings. The Balaban J connectivity index is 1.68. The fraction of sp³-hybridized carbons (Fsp3) is 0.227. The zero-order valence-electron chi connectivity index (χ0n) is 17.2. The molecular weight excluding hydrogens is 388 g/mol. The highest BCUT2D eigenvalue weighted by Crippen LogP contribution is 2.40. The molecule has 0 fully saturated rings. The minimum absolute atomic E-state index is 0.144. The third-order valence-corrected chi connectivity index (χ3v) is 4.30. The van der Waals surface area contributed by atoms with E-state index in [4.69, 9.17) is 23.4 Å². The molecule has 0 spiro atoms. The molecule has 3 aromatic rings. The zero-order chi connectivity index (χ0) is 21.5. The van der Waals surface area contributed by atoms with Crippen LogP contribution in [0, 0.1) is 6.92 Å². The molecule has 0 aliphatic heterocycles. The van der Waals surface area contributed by atoms with Gasteiger partial charge >= 0.3 is 5.97 Å². The van der Waals surface area contributed by atoms with Crippen molar-refractivity contribution in [3.05, 3.63) is 59.5 Å². The molecule has 0 bridgehead atoms. The molecule has 156 valence electrons. The predicted octanol–water partition coefficient (Wildman–Crippen LogP) is 3.83. The molecule has 0 unspecified atom stereocenters. The Labute approximate surface area is 174 Å². The minimum atomic E-state index is -0.509. The second-order valence-electron chi connectivity index (χ2n) is 6.21. The molecule has 1 aromatic heterocycles. The van der Waals surface area contributed by atoms with E-state index in [9.17, 15) is 4.79 Å². The average Bonchev–Trinajstić information content (AvgIpc) is 3.25. The Morgan fingerprint density at radius 2 is 1.73 bits per heavy atom. The Hall–Kier alpha value is -3.81. The molecule has 8 heteroatoms. The number of hydrogen-bond donors (Lipinski definition) is 0. The number of carbonyl (C=O) groups excluding carboxylic acids is 1. The normalized spacial score (nSPS) is 10.8. The molecule has 2 aromatic carbocycles. The van der Waals surface area contributed by atoms with Gasteiger partial charge in [0.25, 0.3) is 5.89 Å². The summed E-state index contributed by atoms with van der Waals surface area (Å²) in [4.78, 5) is 12.0. The number of esters is 1. The Kier molecular flexibility index (Phi) is 6.69. The largest absolute Gasteiger partial charge is 0.493 e. The summed E-state index contributed by atoms with van der Waals surface area (Å²) in [5.74, 6) is 1.26. The van der Waals surface area contributed by atoms with Crippen LogP contribution in [-0.4, -0.2) is 37.5 Å². The van der Waals surface area contributed by atoms with Crippen LogP contribution in [0.5, 0.6) is 17.2 Å². The summed E-state index contributed by atoms with van der Waals surface area (Å²) < 4.78 is 26.7. The lowest BCUT2D eigenvalue weighted by atomic mass is 10.1. The van der Waals surface area contributed by atoms with Gasteiger partial charge in [-0.1, -0.05) is 24.3 Å². The van der Waals surface area contributed by atoms with E-state index in [1.165, 1.54) is 27.4 Å². The molecule has 0 saturated heterocycles. The van der Waals surface area contributed by atoms with Crippen LogP contribution >= 0.6 is 0 Å². The van der Waals surface area contributed by atoms with E-state index < -0.39 is 5.97 Å². The van der Waals surface area contributed by atoms with E-state index in [-0.39, 0.29) is 18.4 Å². The predicted molar refractivity (Wildman–Crippen MR) is 109 cm³/mol. The van der Waals surface area contributed by atoms with E-state index in [1.54, 1.807) is 18.2 Å². The fourth-order valence-electron chi connectivity index (χ4n) is 2.75. The van der Waals surface area contributed by atoms with E-state index in [1.807, 2.05) is 31.2 Å². The van der Waals surface area contributed by atoms with E-state index in [0.29, 0.717) is 22.8 Å². The number of aromatic nitrogens is 2. The quantitative estimate of drug-likeness (QED) is 0.409. The summed E-state index contributed by atoms with van der Waals surface area (Å²) in [7, 11) is 4.56. The second-order valence-corrected chi connectivity index (χ2v) is 6.21. The van der Waals surface area contributed by atoms with Crippen LogP contribution in [-0.2, 0) is 16.1 Å². The maximum atomic E-state index is 12.0. The lowest BCUT2D eigenvalue weighted by molar-refractivity contribution is -0.139. The fourth-order valence-corrected chi connectivity index (χ4v) is 2.75. The number of methoxy groups -OCH3 is 3. The first kappa shape index (κ1) is 20.9. The Morgan fingerprint density at radius 1 is 1.03 bits per heavy atom. The first-order valence-corrected chi connectivity index (χ1v) is 9.09. The molecule has 0 aliphatic carbocycles. The minimum Gasteiger partial charge on any atom is -0.493 e. The van der Waals surface area contributed by atoms with Crippen molar-refractivity contribution >= 4 is 12.0 Å². The third-order valence-electron chi connectivity index (χ3n) is 4.30. The van der Waals surface area contributed by atoms with Gasteiger partial charge < -0.3 is 23.4 Å². The van der Waals surface area contributed by atoms with Gasteiger partial charge in [0.1, 0.15) is 0 Å². The van der Waals surface area contributed by atoms with E-state index in [2.05, 4.69) is 10.2 Å². The van der Waals surface area contributed by atoms with Crippen molar-refractivity contribution < 1.29 is 28.2 Å². The van der Waals surface area contributed by atoms with Gasteiger partial charge in [-0.15, -0.1) is 10.2 Å². The first-order valence-electron chi connectivity index (χ1n) is 9.09. The van der Waals surface area contributed by atoms with Gasteiger partial charge in [-0.2, -0.15) is 0 Å². The number of nitrogens with zero attached hydrogens (tertiary/aromatic N) is 2. The van der Waals surface area contributed by atoms with E-state index in [0.717, 1.165) is 11.1 Å². The summed E-state index contributed by atoms with van der Waals surface area (Å²) in [6.07, 6.45) is 3.06. The highest BCUT2D eigenvalue weighted by molar-refractivity contribution is 5.87. The molecule has 0 N–H and O–H groups in total. The summed E-state index contributed by atoms with van der Waals surface area (Å²) >= 11 is 0. The van der Waals surface area contributed by atoms with Gasteiger partial charge in [0.05, 0.1) is 21.3 Å². The first-order chi connectivity index (χ1) is 14.5. The van der Waals surface area contributed by atoms with Crippen molar-refractivity contribution in [1.29, 1.82) is 0 Å². The third kappa shape index (κ3) is 4.78. The molecule has 1 heterocycles. The van der Waals surface area contributed by atoms with Gasteiger partial charge in [0, 0.05) is 11.6 Å². The second kappa shape index (κ2) is 9.60. The van der Waals surface area contributed by atoms with Crippen LogP contribution in [0.1, 0.15) is 17.0 Å². The van der Waals surface area contributed by atoms with Gasteiger partial charge in [-0.25, -0.2) is 4.79 Å². The smallest absolute Gasteiger partial charge is 0.331 e. The maximum Gasteiger partial charge on any atom is 0.331 e. The molecule has 8 nitrogen and oxygen atoms in total. The van der Waals surface area contributed by atoms with Crippen LogP contribution in [0.25, 0.3) is 17.5 Å². The van der Waals surface area contributed by atoms with Crippen molar-refractivity contribution in [2.24, 2.45) is 0 Å². The van der Waals surface area contributed by atoms with Crippen molar-refractivity contribution in [3.8, 4) is 28.7 Å².